The highest BCUT2D eigenvalue weighted by molar-refractivity contribution is 7.90. The summed E-state index contributed by atoms with van der Waals surface area (Å²) >= 11 is 0. The van der Waals surface area contributed by atoms with Crippen molar-refractivity contribution in [3.63, 3.8) is 0 Å². The maximum absolute atomic E-state index is 13.3. The summed E-state index contributed by atoms with van der Waals surface area (Å²) in [6.07, 6.45) is 6.29. The van der Waals surface area contributed by atoms with E-state index in [1.807, 2.05) is 11.0 Å². The Labute approximate surface area is 214 Å². The number of nitrogens with zero attached hydrogens (tertiary/aromatic N) is 3. The Morgan fingerprint density at radius 1 is 1.11 bits per heavy atom. The number of hydrogen-bond donors (Lipinski definition) is 3. The van der Waals surface area contributed by atoms with Crippen LogP contribution in [-0.4, -0.2) is 66.8 Å². The molecule has 198 valence electrons. The number of hydrogen-bond acceptors (Lipinski definition) is 5. The molecule has 0 radical (unpaired) electrons. The molecule has 5 rings (SSSR count). The minimum atomic E-state index is -3.85. The third-order valence-electron chi connectivity index (χ3n) is 6.87. The van der Waals surface area contributed by atoms with Crippen LogP contribution in [0.3, 0.4) is 0 Å². The van der Waals surface area contributed by atoms with Gasteiger partial charge in [-0.3, -0.25) is 9.52 Å². The van der Waals surface area contributed by atoms with Gasteiger partial charge in [-0.1, -0.05) is 12.1 Å². The summed E-state index contributed by atoms with van der Waals surface area (Å²) < 4.78 is 58.3. The van der Waals surface area contributed by atoms with Gasteiger partial charge < -0.3 is 14.6 Å². The molecule has 37 heavy (non-hydrogen) atoms. The van der Waals surface area contributed by atoms with E-state index in [9.17, 15) is 22.0 Å². The van der Waals surface area contributed by atoms with Crippen LogP contribution in [0.25, 0.3) is 16.9 Å². The first kappa shape index (κ1) is 25.6. The third-order valence-corrected chi connectivity index (χ3v) is 7.96. The third kappa shape index (κ3) is 6.43. The number of piperidine rings is 1. The van der Waals surface area contributed by atoms with Gasteiger partial charge >= 0.3 is 0 Å². The van der Waals surface area contributed by atoms with Gasteiger partial charge in [0.25, 0.3) is 22.0 Å². The van der Waals surface area contributed by atoms with Gasteiger partial charge in [0.05, 0.1) is 16.9 Å². The van der Waals surface area contributed by atoms with Crippen LogP contribution < -0.4 is 14.8 Å². The first-order chi connectivity index (χ1) is 17.7. The van der Waals surface area contributed by atoms with Crippen LogP contribution in [0.5, 0.6) is 0 Å². The fourth-order valence-corrected chi connectivity index (χ4v) is 5.33. The maximum atomic E-state index is 13.3. The van der Waals surface area contributed by atoms with Crippen molar-refractivity contribution in [1.29, 1.82) is 0 Å². The second-order valence-corrected chi connectivity index (χ2v) is 11.2. The molecular weight excluding hydrogens is 502 g/mol. The first-order valence-electron chi connectivity index (χ1n) is 12.4. The lowest BCUT2D eigenvalue weighted by Crippen LogP contribution is -2.43. The molecule has 1 saturated heterocycles. The molecule has 3 aromatic rings. The molecule has 0 bridgehead atoms. The highest BCUT2D eigenvalue weighted by atomic mass is 32.2. The molecule has 9 nitrogen and oxygen atoms in total. The normalized spacial score (nSPS) is 18.4. The molecule has 3 N–H and O–H groups in total. The van der Waals surface area contributed by atoms with Gasteiger partial charge in [-0.05, 0) is 43.5 Å². The number of rotatable bonds is 9. The molecule has 0 unspecified atom stereocenters. The van der Waals surface area contributed by atoms with E-state index in [0.29, 0.717) is 34.7 Å². The minimum absolute atomic E-state index is 0.107. The second-order valence-electron chi connectivity index (χ2n) is 9.69. The standard InChI is InChI=1S/C25H30F2N6O3S/c26-25(27)9-12-32(13-10-25)14-11-28-37(35,36)31-21-6-1-3-18(15-21)22-17-33-16-19(7-8-23(33)30-22)24(34)29-20-4-2-5-20/h1,3,6-8,15-17,20,28,31H,2,4-5,9-14H2,(H,29,34). The molecule has 3 heterocycles. The minimum Gasteiger partial charge on any atom is -0.349 e. The number of halogens is 2. The summed E-state index contributed by atoms with van der Waals surface area (Å²) in [7, 11) is -3.85. The summed E-state index contributed by atoms with van der Waals surface area (Å²) in [6.45, 7) is 0.967. The van der Waals surface area contributed by atoms with Crippen LogP contribution in [0.2, 0.25) is 0 Å². The quantitative estimate of drug-likeness (QED) is 0.392. The molecule has 2 aliphatic rings. The number of nitrogens with one attached hydrogen (secondary N) is 3. The number of alkyl halides is 2. The van der Waals surface area contributed by atoms with E-state index in [1.54, 1.807) is 47.1 Å². The number of amides is 1. The van der Waals surface area contributed by atoms with Crippen LogP contribution in [-0.2, 0) is 10.2 Å². The lowest BCUT2D eigenvalue weighted by atomic mass is 9.93. The zero-order valence-electron chi connectivity index (χ0n) is 20.3. The van der Waals surface area contributed by atoms with Gasteiger partial charge in [-0.15, -0.1) is 0 Å². The van der Waals surface area contributed by atoms with Crippen molar-refractivity contribution in [2.24, 2.45) is 0 Å². The molecule has 2 aromatic heterocycles. The Morgan fingerprint density at radius 2 is 1.89 bits per heavy atom. The molecule has 1 aromatic carbocycles. The Balaban J connectivity index is 1.21. The predicted molar refractivity (Wildman–Crippen MR) is 137 cm³/mol. The Morgan fingerprint density at radius 3 is 2.62 bits per heavy atom. The summed E-state index contributed by atoms with van der Waals surface area (Å²) in [5.74, 6) is -2.74. The van der Waals surface area contributed by atoms with Crippen molar-refractivity contribution in [1.82, 2.24) is 24.3 Å². The van der Waals surface area contributed by atoms with Gasteiger partial charge in [0.2, 0.25) is 0 Å². The van der Waals surface area contributed by atoms with Gasteiger partial charge in [0.1, 0.15) is 5.65 Å². The van der Waals surface area contributed by atoms with Gasteiger partial charge in [-0.25, -0.2) is 13.8 Å². The number of benzene rings is 1. The van der Waals surface area contributed by atoms with E-state index in [-0.39, 0.29) is 44.4 Å². The Bertz CT molecular complexity index is 1380. The van der Waals surface area contributed by atoms with E-state index in [4.69, 9.17) is 0 Å². The zero-order chi connectivity index (χ0) is 26.0. The van der Waals surface area contributed by atoms with Crippen molar-refractivity contribution >= 4 is 27.5 Å². The van der Waals surface area contributed by atoms with E-state index in [2.05, 4.69) is 19.7 Å². The SMILES string of the molecule is O=C(NC1CCC1)c1ccc2nc(-c3cccc(NS(=O)(=O)NCCN4CCC(F)(F)CC4)c3)cn2c1. The van der Waals surface area contributed by atoms with Crippen molar-refractivity contribution in [2.45, 2.75) is 44.1 Å². The number of carbonyl (C=O) groups excluding carboxylic acids is 1. The molecule has 0 spiro atoms. The fraction of sp³-hybridized carbons (Fsp3) is 0.440. The number of anilines is 1. The number of carbonyl (C=O) groups is 1. The van der Waals surface area contributed by atoms with Crippen LogP contribution in [0.15, 0.2) is 48.8 Å². The van der Waals surface area contributed by atoms with E-state index in [1.165, 1.54) is 0 Å². The highest BCUT2D eigenvalue weighted by Gasteiger charge is 2.33. The molecule has 1 aliphatic heterocycles. The van der Waals surface area contributed by atoms with Crippen molar-refractivity contribution in [3.05, 3.63) is 54.4 Å². The molecule has 0 atom stereocenters. The van der Waals surface area contributed by atoms with Crippen molar-refractivity contribution in [2.75, 3.05) is 30.9 Å². The number of aromatic nitrogens is 2. The number of pyridine rings is 1. The van der Waals surface area contributed by atoms with Gasteiger partial charge in [-0.2, -0.15) is 13.1 Å². The molecular formula is C25H30F2N6O3S. The Hall–Kier alpha value is -3.09. The maximum Gasteiger partial charge on any atom is 0.299 e. The number of fused-ring (bicyclic) bond motifs is 1. The Kier molecular flexibility index (Phi) is 7.15. The molecule has 1 amide bonds. The van der Waals surface area contributed by atoms with E-state index >= 15 is 0 Å². The van der Waals surface area contributed by atoms with Gasteiger partial charge in [0.15, 0.2) is 0 Å². The van der Waals surface area contributed by atoms with Crippen LogP contribution >= 0.6 is 0 Å². The smallest absolute Gasteiger partial charge is 0.299 e. The van der Waals surface area contributed by atoms with Crippen LogP contribution in [0.1, 0.15) is 42.5 Å². The predicted octanol–water partition coefficient (Wildman–Crippen LogP) is 3.26. The zero-order valence-corrected chi connectivity index (χ0v) is 21.1. The highest BCUT2D eigenvalue weighted by Crippen LogP contribution is 2.27. The van der Waals surface area contributed by atoms with Crippen molar-refractivity contribution < 1.29 is 22.0 Å². The van der Waals surface area contributed by atoms with Crippen LogP contribution in [0, 0.1) is 0 Å². The first-order valence-corrected chi connectivity index (χ1v) is 13.9. The molecule has 1 saturated carbocycles. The molecule has 2 fully saturated rings. The second kappa shape index (κ2) is 10.3. The lowest BCUT2D eigenvalue weighted by molar-refractivity contribution is -0.0546. The topological polar surface area (TPSA) is 108 Å². The molecule has 12 heteroatoms. The average Bonchev–Trinajstić information content (AvgIpc) is 3.26. The lowest BCUT2D eigenvalue weighted by Gasteiger charge is -2.31. The van der Waals surface area contributed by atoms with Crippen molar-refractivity contribution in [3.8, 4) is 11.3 Å². The fourth-order valence-electron chi connectivity index (χ4n) is 4.46. The van der Waals surface area contributed by atoms with Gasteiger partial charge in [0, 0.05) is 63.0 Å². The summed E-state index contributed by atoms with van der Waals surface area (Å²) in [6, 6.07) is 10.6. The number of imidazole rings is 1. The van der Waals surface area contributed by atoms with Crippen LogP contribution in [0.4, 0.5) is 14.5 Å². The summed E-state index contributed by atoms with van der Waals surface area (Å²) in [5, 5.41) is 3.02. The number of likely N-dealkylation sites (tertiary alicyclic amines) is 1. The molecule has 1 aliphatic carbocycles. The largest absolute Gasteiger partial charge is 0.349 e. The average molecular weight is 533 g/mol. The van der Waals surface area contributed by atoms with E-state index in [0.717, 1.165) is 19.3 Å². The van der Waals surface area contributed by atoms with E-state index < -0.39 is 16.1 Å². The summed E-state index contributed by atoms with van der Waals surface area (Å²) in [4.78, 5) is 18.9. The summed E-state index contributed by atoms with van der Waals surface area (Å²) in [5.41, 5.74) is 2.92. The monoisotopic (exact) mass is 532 g/mol.